The Bertz CT molecular complexity index is 1010. The Kier molecular flexibility index (Phi) is 6.59. The number of hydrogen-bond acceptors (Lipinski definition) is 3. The topological polar surface area (TPSA) is 49.4 Å². The van der Waals surface area contributed by atoms with Crippen molar-refractivity contribution in [1.82, 2.24) is 9.62 Å². The Morgan fingerprint density at radius 3 is 2.36 bits per heavy atom. The lowest BCUT2D eigenvalue weighted by molar-refractivity contribution is -0.192. The number of likely N-dealkylation sites (tertiary alicyclic amines) is 1. The van der Waals surface area contributed by atoms with E-state index < -0.39 is 33.0 Å². The van der Waals surface area contributed by atoms with Crippen molar-refractivity contribution in [1.29, 1.82) is 0 Å². The first kappa shape index (κ1) is 24.5. The van der Waals surface area contributed by atoms with Gasteiger partial charge in [-0.25, -0.2) is 8.60 Å². The van der Waals surface area contributed by atoms with Gasteiger partial charge >= 0.3 is 6.18 Å². The number of nitrogens with one attached hydrogen (secondary N) is 1. The van der Waals surface area contributed by atoms with Gasteiger partial charge in [0.1, 0.15) is 5.82 Å². The molecular formula is C24H32F4N2O2S. The van der Waals surface area contributed by atoms with Gasteiger partial charge in [0.25, 0.3) is 5.91 Å². The minimum Gasteiger partial charge on any atom is -0.302 e. The number of benzene rings is 1. The van der Waals surface area contributed by atoms with Crippen LogP contribution in [0.1, 0.15) is 72.3 Å². The summed E-state index contributed by atoms with van der Waals surface area (Å²) in [6.45, 7) is 1.46. The summed E-state index contributed by atoms with van der Waals surface area (Å²) in [7, 11) is -2.79. The summed E-state index contributed by atoms with van der Waals surface area (Å²) in [5, 5.41) is 0. The summed E-state index contributed by atoms with van der Waals surface area (Å²) in [5.41, 5.74) is 0.288. The molecule has 1 aromatic carbocycles. The monoisotopic (exact) mass is 488 g/mol. The Morgan fingerprint density at radius 2 is 1.85 bits per heavy atom. The van der Waals surface area contributed by atoms with Gasteiger partial charge in [0.2, 0.25) is 0 Å². The maximum atomic E-state index is 14.7. The highest BCUT2D eigenvalue weighted by molar-refractivity contribution is 7.98. The maximum absolute atomic E-state index is 14.7. The third-order valence-electron chi connectivity index (χ3n) is 7.31. The summed E-state index contributed by atoms with van der Waals surface area (Å²) in [6, 6.07) is 3.02. The summed E-state index contributed by atoms with van der Waals surface area (Å²) < 4.78 is 68.5. The van der Waals surface area contributed by atoms with Gasteiger partial charge in [0, 0.05) is 22.5 Å². The summed E-state index contributed by atoms with van der Waals surface area (Å²) in [4.78, 5) is 14.3. The molecule has 2 aliphatic carbocycles. The largest absolute Gasteiger partial charge is 0.395 e. The van der Waals surface area contributed by atoms with E-state index in [-0.39, 0.29) is 24.9 Å². The van der Waals surface area contributed by atoms with Crippen molar-refractivity contribution in [3.63, 3.8) is 0 Å². The van der Waals surface area contributed by atoms with Crippen molar-refractivity contribution in [2.75, 3.05) is 25.9 Å². The number of nitrogens with zero attached hydrogens (tertiary/aromatic N) is 1. The van der Waals surface area contributed by atoms with E-state index in [2.05, 4.69) is 10.6 Å². The fourth-order valence-corrected chi connectivity index (χ4v) is 5.45. The number of carbonyl (C=O) groups excluding carboxylic acids is 1. The van der Waals surface area contributed by atoms with Crippen molar-refractivity contribution >= 4 is 21.5 Å². The third kappa shape index (κ3) is 5.91. The van der Waals surface area contributed by atoms with Crippen molar-refractivity contribution in [3.05, 3.63) is 34.6 Å². The first-order valence-corrected chi connectivity index (χ1v) is 13.8. The summed E-state index contributed by atoms with van der Waals surface area (Å²) in [5.74, 6) is 2.75. The smallest absolute Gasteiger partial charge is 0.302 e. The molecule has 1 heterocycles. The standard InChI is InChI=1S/C24H32F4N2O2S/c1-33(2,32)29-22(31)20-14-19(17-5-6-17)18(13-21(20)25)4-3-16-7-11-30(12-8-16)15-23(9-10-23)24(26,27)28/h13-14,16-17H,1,3-12,15H2,2H3,(H,29,31,32). The lowest BCUT2D eigenvalue weighted by Gasteiger charge is -2.35. The lowest BCUT2D eigenvalue weighted by Crippen LogP contribution is -2.42. The Morgan fingerprint density at radius 1 is 1.21 bits per heavy atom. The van der Waals surface area contributed by atoms with Crippen LogP contribution in [0.4, 0.5) is 17.6 Å². The highest BCUT2D eigenvalue weighted by Gasteiger charge is 2.63. The predicted octanol–water partition coefficient (Wildman–Crippen LogP) is 4.68. The van der Waals surface area contributed by atoms with Gasteiger partial charge in [0.05, 0.1) is 11.0 Å². The normalized spacial score (nSPS) is 23.2. The second-order valence-corrected chi connectivity index (χ2v) is 12.5. The molecule has 0 radical (unpaired) electrons. The second-order valence-electron chi connectivity index (χ2n) is 10.3. The Balaban J connectivity index is 1.35. The number of carbonyl (C=O) groups is 1. The molecule has 3 aliphatic rings. The van der Waals surface area contributed by atoms with Crippen LogP contribution in [0.15, 0.2) is 12.1 Å². The molecule has 2 saturated carbocycles. The highest BCUT2D eigenvalue weighted by atomic mass is 32.2. The van der Waals surface area contributed by atoms with Gasteiger partial charge in [-0.2, -0.15) is 13.2 Å². The van der Waals surface area contributed by atoms with E-state index >= 15 is 0 Å². The van der Waals surface area contributed by atoms with Crippen LogP contribution in [0, 0.1) is 17.2 Å². The fraction of sp³-hybridized carbons (Fsp3) is 0.667. The molecule has 1 aliphatic heterocycles. The van der Waals surface area contributed by atoms with Gasteiger partial charge in [-0.15, -0.1) is 0 Å². The van der Waals surface area contributed by atoms with E-state index in [1.807, 2.05) is 4.90 Å². The molecule has 1 unspecified atom stereocenters. The first-order chi connectivity index (χ1) is 15.4. The lowest BCUT2D eigenvalue weighted by atomic mass is 9.87. The molecule has 184 valence electrons. The van der Waals surface area contributed by atoms with Crippen LogP contribution in [-0.4, -0.2) is 53.0 Å². The molecule has 1 aromatic rings. The van der Waals surface area contributed by atoms with Crippen molar-refractivity contribution < 1.29 is 26.6 Å². The molecule has 4 rings (SSSR count). The minimum atomic E-state index is -4.11. The summed E-state index contributed by atoms with van der Waals surface area (Å²) >= 11 is 0. The highest BCUT2D eigenvalue weighted by Crippen LogP contribution is 2.58. The zero-order valence-electron chi connectivity index (χ0n) is 19.0. The van der Waals surface area contributed by atoms with E-state index in [9.17, 15) is 26.6 Å². The maximum Gasteiger partial charge on any atom is 0.395 e. The number of piperidine rings is 1. The van der Waals surface area contributed by atoms with E-state index in [0.29, 0.717) is 31.3 Å². The van der Waals surface area contributed by atoms with Crippen molar-refractivity contribution in [3.8, 4) is 0 Å². The molecule has 0 spiro atoms. The number of alkyl halides is 3. The third-order valence-corrected chi connectivity index (χ3v) is 7.93. The van der Waals surface area contributed by atoms with Crippen LogP contribution in [0.25, 0.3) is 0 Å². The van der Waals surface area contributed by atoms with Crippen LogP contribution in [0.3, 0.4) is 0 Å². The molecule has 0 aromatic heterocycles. The number of aryl methyl sites for hydroxylation is 1. The molecule has 1 N–H and O–H groups in total. The number of amides is 1. The average molecular weight is 489 g/mol. The van der Waals surface area contributed by atoms with Crippen LogP contribution in [0.2, 0.25) is 0 Å². The van der Waals surface area contributed by atoms with Gasteiger partial charge < -0.3 is 4.90 Å². The fourth-order valence-electron chi connectivity index (χ4n) is 4.95. The molecule has 3 fully saturated rings. The van der Waals surface area contributed by atoms with Gasteiger partial charge in [-0.1, -0.05) is 0 Å². The van der Waals surface area contributed by atoms with Crippen LogP contribution < -0.4 is 4.72 Å². The summed E-state index contributed by atoms with van der Waals surface area (Å²) in [6.07, 6.45) is 2.89. The molecular weight excluding hydrogens is 456 g/mol. The molecule has 9 heteroatoms. The molecule has 4 nitrogen and oxygen atoms in total. The van der Waals surface area contributed by atoms with Gasteiger partial charge in [0.15, 0.2) is 0 Å². The van der Waals surface area contributed by atoms with Gasteiger partial charge in [-0.05, 0) is 105 Å². The van der Waals surface area contributed by atoms with Crippen LogP contribution in [-0.2, 0) is 16.1 Å². The van der Waals surface area contributed by atoms with Crippen molar-refractivity contribution in [2.45, 2.75) is 63.5 Å². The minimum absolute atomic E-state index is 0.106. The zero-order valence-corrected chi connectivity index (χ0v) is 19.8. The first-order valence-electron chi connectivity index (χ1n) is 11.6. The van der Waals surface area contributed by atoms with E-state index in [1.54, 1.807) is 6.07 Å². The predicted molar refractivity (Wildman–Crippen MR) is 122 cm³/mol. The van der Waals surface area contributed by atoms with E-state index in [1.165, 1.54) is 12.3 Å². The van der Waals surface area contributed by atoms with E-state index in [0.717, 1.165) is 43.2 Å². The second kappa shape index (κ2) is 8.87. The molecule has 1 amide bonds. The van der Waals surface area contributed by atoms with E-state index in [4.69, 9.17) is 0 Å². The van der Waals surface area contributed by atoms with Crippen LogP contribution in [0.5, 0.6) is 0 Å². The molecule has 0 bridgehead atoms. The molecule has 33 heavy (non-hydrogen) atoms. The average Bonchev–Trinajstić information content (AvgIpc) is 3.60. The Labute approximate surface area is 193 Å². The van der Waals surface area contributed by atoms with Crippen LogP contribution >= 0.6 is 0 Å². The van der Waals surface area contributed by atoms with Gasteiger partial charge in [-0.3, -0.25) is 9.52 Å². The quantitative estimate of drug-likeness (QED) is 0.427. The SMILES string of the molecule is C=S(C)(=O)NC(=O)c1cc(C2CC2)c(CCC2CCN(CC3(C(F)(F)F)CC3)CC2)cc1F. The van der Waals surface area contributed by atoms with Crippen molar-refractivity contribution in [2.24, 2.45) is 11.3 Å². The zero-order chi connectivity index (χ0) is 24.0. The Hall–Kier alpha value is -1.61. The number of halogens is 4. The number of rotatable bonds is 8. The molecule has 1 saturated heterocycles. The number of hydrogen-bond donors (Lipinski definition) is 1. The molecule has 1 atom stereocenters.